The van der Waals surface area contributed by atoms with Crippen LogP contribution in [0.2, 0.25) is 0 Å². The number of methoxy groups -OCH3 is 1. The molecule has 0 aliphatic carbocycles. The minimum absolute atomic E-state index is 0.0819. The number of aryl methyl sites for hydroxylation is 2. The van der Waals surface area contributed by atoms with Gasteiger partial charge in [0.1, 0.15) is 5.25 Å². The highest BCUT2D eigenvalue weighted by atomic mass is 32.2. The van der Waals surface area contributed by atoms with Crippen molar-refractivity contribution in [3.63, 3.8) is 0 Å². The van der Waals surface area contributed by atoms with E-state index in [4.69, 9.17) is 9.73 Å². The molecular weight excluding hydrogens is 432 g/mol. The summed E-state index contributed by atoms with van der Waals surface area (Å²) in [5.41, 5.74) is 2.99. The molecule has 2 aromatic rings. The SMILES string of the molecule is COCCN1C(=O)C(CC(=O)Nc2cccc([N+](=O)[O-])c2)SC1=Nc1cc(C)ccc1C. The predicted octanol–water partition coefficient (Wildman–Crippen LogP) is 3.82. The van der Waals surface area contributed by atoms with Gasteiger partial charge in [-0.15, -0.1) is 0 Å². The second-order valence-corrected chi connectivity index (χ2v) is 8.50. The summed E-state index contributed by atoms with van der Waals surface area (Å²) in [6, 6.07) is 11.6. The number of hydrogen-bond donors (Lipinski definition) is 1. The Hall–Kier alpha value is -3.24. The van der Waals surface area contributed by atoms with Crippen molar-refractivity contribution in [1.82, 2.24) is 4.90 Å². The third-order valence-corrected chi connectivity index (χ3v) is 6.01. The van der Waals surface area contributed by atoms with Gasteiger partial charge in [0.05, 0.1) is 23.8 Å². The molecule has 1 fully saturated rings. The number of amidine groups is 1. The molecule has 0 spiro atoms. The fraction of sp³-hybridized carbons (Fsp3) is 0.318. The third-order valence-electron chi connectivity index (χ3n) is 4.83. The van der Waals surface area contributed by atoms with E-state index in [0.29, 0.717) is 24.0 Å². The van der Waals surface area contributed by atoms with Gasteiger partial charge in [-0.25, -0.2) is 4.99 Å². The largest absolute Gasteiger partial charge is 0.383 e. The molecule has 1 saturated heterocycles. The fourth-order valence-electron chi connectivity index (χ4n) is 3.13. The summed E-state index contributed by atoms with van der Waals surface area (Å²) < 4.78 is 5.13. The van der Waals surface area contributed by atoms with Crippen LogP contribution in [0.25, 0.3) is 0 Å². The van der Waals surface area contributed by atoms with Crippen molar-refractivity contribution in [2.45, 2.75) is 25.5 Å². The third kappa shape index (κ3) is 5.71. The number of amides is 2. The van der Waals surface area contributed by atoms with Gasteiger partial charge in [-0.2, -0.15) is 0 Å². The lowest BCUT2D eigenvalue weighted by Gasteiger charge is -2.16. The number of nitrogens with one attached hydrogen (secondary N) is 1. The zero-order valence-corrected chi connectivity index (χ0v) is 18.8. The standard InChI is InChI=1S/C22H24N4O5S/c1-14-7-8-15(2)18(11-14)24-22-25(9-10-31-3)21(28)19(32-22)13-20(27)23-16-5-4-6-17(12-16)26(29)30/h4-8,11-12,19H,9-10,13H2,1-3H3,(H,23,27). The Balaban J connectivity index is 1.77. The van der Waals surface area contributed by atoms with Crippen molar-refractivity contribution >= 4 is 45.8 Å². The summed E-state index contributed by atoms with van der Waals surface area (Å²) in [6.07, 6.45) is -0.0819. The number of carbonyl (C=O) groups excluding carboxylic acids is 2. The van der Waals surface area contributed by atoms with Crippen LogP contribution in [-0.4, -0.2) is 52.3 Å². The normalized spacial score (nSPS) is 17.1. The van der Waals surface area contributed by atoms with Crippen molar-refractivity contribution in [3.05, 3.63) is 63.7 Å². The van der Waals surface area contributed by atoms with Crippen LogP contribution >= 0.6 is 11.8 Å². The quantitative estimate of drug-likeness (QED) is 0.477. The topological polar surface area (TPSA) is 114 Å². The van der Waals surface area contributed by atoms with Gasteiger partial charge in [-0.05, 0) is 37.1 Å². The monoisotopic (exact) mass is 456 g/mol. The number of aliphatic imine (C=N–C) groups is 1. The van der Waals surface area contributed by atoms with Crippen LogP contribution in [0.1, 0.15) is 17.5 Å². The summed E-state index contributed by atoms with van der Waals surface area (Å²) in [4.78, 5) is 42.2. The minimum atomic E-state index is -0.644. The summed E-state index contributed by atoms with van der Waals surface area (Å²) in [7, 11) is 1.55. The molecule has 3 rings (SSSR count). The van der Waals surface area contributed by atoms with Gasteiger partial charge in [-0.1, -0.05) is 30.0 Å². The molecule has 1 aliphatic heterocycles. The number of nitro groups is 1. The van der Waals surface area contributed by atoms with Gasteiger partial charge in [-0.3, -0.25) is 24.6 Å². The first-order valence-electron chi connectivity index (χ1n) is 9.95. The van der Waals surface area contributed by atoms with Crippen LogP contribution in [0.3, 0.4) is 0 Å². The molecule has 0 saturated carbocycles. The van der Waals surface area contributed by atoms with Gasteiger partial charge in [0.25, 0.3) is 5.69 Å². The summed E-state index contributed by atoms with van der Waals surface area (Å²) >= 11 is 1.24. The van der Waals surface area contributed by atoms with E-state index < -0.39 is 16.1 Å². The van der Waals surface area contributed by atoms with E-state index in [9.17, 15) is 19.7 Å². The Kier molecular flexibility index (Phi) is 7.60. The molecule has 0 aromatic heterocycles. The molecule has 10 heteroatoms. The molecular formula is C22H24N4O5S. The minimum Gasteiger partial charge on any atom is -0.383 e. The molecule has 32 heavy (non-hydrogen) atoms. The first kappa shape index (κ1) is 23.4. The van der Waals surface area contributed by atoms with E-state index >= 15 is 0 Å². The Morgan fingerprint density at radius 3 is 2.78 bits per heavy atom. The Labute approximate surface area is 190 Å². The van der Waals surface area contributed by atoms with Crippen molar-refractivity contribution < 1.29 is 19.2 Å². The first-order chi connectivity index (χ1) is 15.3. The number of carbonyl (C=O) groups is 2. The number of anilines is 1. The molecule has 0 bridgehead atoms. The number of nitrogens with zero attached hydrogens (tertiary/aromatic N) is 3. The lowest BCUT2D eigenvalue weighted by Crippen LogP contribution is -2.35. The number of thioether (sulfide) groups is 1. The van der Waals surface area contributed by atoms with Crippen molar-refractivity contribution in [2.24, 2.45) is 4.99 Å². The maximum Gasteiger partial charge on any atom is 0.271 e. The second kappa shape index (κ2) is 10.4. The molecule has 2 amide bonds. The van der Waals surface area contributed by atoms with Crippen LogP contribution in [-0.2, 0) is 14.3 Å². The number of hydrogen-bond acceptors (Lipinski definition) is 7. The van der Waals surface area contributed by atoms with Crippen LogP contribution in [0.5, 0.6) is 0 Å². The predicted molar refractivity (Wildman–Crippen MR) is 124 cm³/mol. The summed E-state index contributed by atoms with van der Waals surface area (Å²) in [5.74, 6) is -0.624. The van der Waals surface area contributed by atoms with E-state index in [1.165, 1.54) is 30.0 Å². The van der Waals surface area contributed by atoms with E-state index in [-0.39, 0.29) is 18.0 Å². The highest BCUT2D eigenvalue weighted by Crippen LogP contribution is 2.33. The Bertz CT molecular complexity index is 1070. The zero-order valence-electron chi connectivity index (χ0n) is 18.0. The average molecular weight is 457 g/mol. The lowest BCUT2D eigenvalue weighted by atomic mass is 10.1. The second-order valence-electron chi connectivity index (χ2n) is 7.33. The molecule has 168 valence electrons. The van der Waals surface area contributed by atoms with E-state index in [1.807, 2.05) is 32.0 Å². The zero-order chi connectivity index (χ0) is 23.3. The Morgan fingerprint density at radius 2 is 2.06 bits per heavy atom. The fourth-order valence-corrected chi connectivity index (χ4v) is 4.31. The first-order valence-corrected chi connectivity index (χ1v) is 10.8. The molecule has 1 aliphatic rings. The van der Waals surface area contributed by atoms with Crippen LogP contribution in [0, 0.1) is 24.0 Å². The summed E-state index contributed by atoms with van der Waals surface area (Å²) in [6.45, 7) is 4.59. The Morgan fingerprint density at radius 1 is 1.28 bits per heavy atom. The maximum atomic E-state index is 13.0. The van der Waals surface area contributed by atoms with Crippen LogP contribution < -0.4 is 5.32 Å². The number of non-ortho nitro benzene ring substituents is 1. The van der Waals surface area contributed by atoms with E-state index in [1.54, 1.807) is 18.1 Å². The molecule has 2 aromatic carbocycles. The molecule has 9 nitrogen and oxygen atoms in total. The number of nitro benzene ring substituents is 1. The number of rotatable bonds is 8. The van der Waals surface area contributed by atoms with E-state index in [0.717, 1.165) is 16.8 Å². The molecule has 1 heterocycles. The van der Waals surface area contributed by atoms with Gasteiger partial charge in [0.2, 0.25) is 11.8 Å². The lowest BCUT2D eigenvalue weighted by molar-refractivity contribution is -0.384. The molecule has 1 atom stereocenters. The van der Waals surface area contributed by atoms with Gasteiger partial charge < -0.3 is 10.1 Å². The van der Waals surface area contributed by atoms with Gasteiger partial charge in [0.15, 0.2) is 5.17 Å². The summed E-state index contributed by atoms with van der Waals surface area (Å²) in [5, 5.41) is 13.4. The highest BCUT2D eigenvalue weighted by Gasteiger charge is 2.39. The smallest absolute Gasteiger partial charge is 0.271 e. The van der Waals surface area contributed by atoms with Crippen molar-refractivity contribution in [3.8, 4) is 0 Å². The van der Waals surface area contributed by atoms with Gasteiger partial charge >= 0.3 is 0 Å². The van der Waals surface area contributed by atoms with Crippen molar-refractivity contribution in [1.29, 1.82) is 0 Å². The number of benzene rings is 2. The highest BCUT2D eigenvalue weighted by molar-refractivity contribution is 8.15. The number of ether oxygens (including phenoxy) is 1. The van der Waals surface area contributed by atoms with Crippen LogP contribution in [0.4, 0.5) is 17.1 Å². The maximum absolute atomic E-state index is 13.0. The van der Waals surface area contributed by atoms with Gasteiger partial charge in [0, 0.05) is 31.4 Å². The molecule has 0 radical (unpaired) electrons. The molecule has 1 unspecified atom stereocenters. The van der Waals surface area contributed by atoms with Crippen molar-refractivity contribution in [2.75, 3.05) is 25.6 Å². The van der Waals surface area contributed by atoms with E-state index in [2.05, 4.69) is 5.32 Å². The average Bonchev–Trinajstić information content (AvgIpc) is 3.03. The molecule has 1 N–H and O–H groups in total. The van der Waals surface area contributed by atoms with Crippen LogP contribution in [0.15, 0.2) is 47.5 Å².